The first-order chi connectivity index (χ1) is 11.4. The highest BCUT2D eigenvalue weighted by atomic mass is 19.1. The molecule has 0 aromatic heterocycles. The Morgan fingerprint density at radius 2 is 1.83 bits per heavy atom. The van der Waals surface area contributed by atoms with Gasteiger partial charge < -0.3 is 14.4 Å². The van der Waals surface area contributed by atoms with Crippen molar-refractivity contribution in [2.45, 2.75) is 20.4 Å². The van der Waals surface area contributed by atoms with E-state index in [0.717, 1.165) is 11.1 Å². The summed E-state index contributed by atoms with van der Waals surface area (Å²) in [5.74, 6) is 0.261. The van der Waals surface area contributed by atoms with E-state index in [4.69, 9.17) is 9.47 Å². The van der Waals surface area contributed by atoms with Crippen LogP contribution in [0.3, 0.4) is 0 Å². The van der Waals surface area contributed by atoms with Crippen LogP contribution in [0.2, 0.25) is 0 Å². The van der Waals surface area contributed by atoms with E-state index >= 15 is 0 Å². The van der Waals surface area contributed by atoms with E-state index in [0.29, 0.717) is 17.9 Å². The largest absolute Gasteiger partial charge is 0.494 e. The lowest BCUT2D eigenvalue weighted by molar-refractivity contribution is -0.132. The fourth-order valence-corrected chi connectivity index (χ4v) is 2.38. The molecule has 0 spiro atoms. The summed E-state index contributed by atoms with van der Waals surface area (Å²) in [6.07, 6.45) is 0. The monoisotopic (exact) mass is 331 g/mol. The fraction of sp³-hybridized carbons (Fsp3) is 0.316. The second-order valence-electron chi connectivity index (χ2n) is 5.78. The molecule has 0 bridgehead atoms. The van der Waals surface area contributed by atoms with Crippen LogP contribution in [-0.2, 0) is 11.3 Å². The van der Waals surface area contributed by atoms with Crippen LogP contribution in [-0.4, -0.2) is 31.6 Å². The Morgan fingerprint density at radius 1 is 1.12 bits per heavy atom. The highest BCUT2D eigenvalue weighted by Gasteiger charge is 2.12. The number of hydrogen-bond acceptors (Lipinski definition) is 3. The number of amides is 1. The summed E-state index contributed by atoms with van der Waals surface area (Å²) in [6.45, 7) is 4.19. The molecule has 0 heterocycles. The van der Waals surface area contributed by atoms with Crippen molar-refractivity contribution in [1.82, 2.24) is 4.90 Å². The molecule has 2 aromatic rings. The van der Waals surface area contributed by atoms with Crippen LogP contribution >= 0.6 is 0 Å². The number of methoxy groups -OCH3 is 1. The van der Waals surface area contributed by atoms with Crippen LogP contribution in [0.25, 0.3) is 0 Å². The Kier molecular flexibility index (Phi) is 5.79. The van der Waals surface area contributed by atoms with Crippen molar-refractivity contribution in [3.63, 3.8) is 0 Å². The number of likely N-dealkylation sites (N-methyl/N-ethyl adjacent to an activating group) is 1. The van der Waals surface area contributed by atoms with Crippen LogP contribution < -0.4 is 9.47 Å². The van der Waals surface area contributed by atoms with Gasteiger partial charge in [-0.25, -0.2) is 4.39 Å². The van der Waals surface area contributed by atoms with E-state index < -0.39 is 5.82 Å². The standard InChI is InChI=1S/C19H22FNO3/c1-13-5-7-17(14(2)9-13)24-12-19(22)21(3)11-15-6-8-18(23-4)16(20)10-15/h5-10H,11-12H2,1-4H3. The van der Waals surface area contributed by atoms with Gasteiger partial charge in [0.1, 0.15) is 5.75 Å². The summed E-state index contributed by atoms with van der Waals surface area (Å²) in [4.78, 5) is 13.7. The fourth-order valence-electron chi connectivity index (χ4n) is 2.38. The first kappa shape index (κ1) is 17.8. The highest BCUT2D eigenvalue weighted by molar-refractivity contribution is 5.77. The Hall–Kier alpha value is -2.56. The third kappa shape index (κ3) is 4.47. The predicted octanol–water partition coefficient (Wildman–Crippen LogP) is 3.49. The van der Waals surface area contributed by atoms with E-state index in [-0.39, 0.29) is 18.3 Å². The molecule has 0 unspecified atom stereocenters. The second-order valence-corrected chi connectivity index (χ2v) is 5.78. The van der Waals surface area contributed by atoms with Crippen LogP contribution in [0.5, 0.6) is 11.5 Å². The SMILES string of the molecule is COc1ccc(CN(C)C(=O)COc2ccc(C)cc2C)cc1F. The Balaban J connectivity index is 1.93. The molecular formula is C19H22FNO3. The second kappa shape index (κ2) is 7.81. The van der Waals surface area contributed by atoms with Gasteiger partial charge in [-0.05, 0) is 43.2 Å². The first-order valence-corrected chi connectivity index (χ1v) is 7.67. The molecule has 128 valence electrons. The van der Waals surface area contributed by atoms with E-state index in [1.165, 1.54) is 18.1 Å². The maximum atomic E-state index is 13.7. The van der Waals surface area contributed by atoms with Gasteiger partial charge in [-0.15, -0.1) is 0 Å². The minimum Gasteiger partial charge on any atom is -0.494 e. The van der Waals surface area contributed by atoms with E-state index in [9.17, 15) is 9.18 Å². The van der Waals surface area contributed by atoms with Gasteiger partial charge in [-0.3, -0.25) is 4.79 Å². The predicted molar refractivity (Wildman–Crippen MR) is 90.8 cm³/mol. The zero-order valence-electron chi connectivity index (χ0n) is 14.4. The highest BCUT2D eigenvalue weighted by Crippen LogP contribution is 2.20. The molecule has 0 aliphatic heterocycles. The zero-order chi connectivity index (χ0) is 17.7. The minimum atomic E-state index is -0.442. The summed E-state index contributed by atoms with van der Waals surface area (Å²) in [6, 6.07) is 10.5. The van der Waals surface area contributed by atoms with Gasteiger partial charge >= 0.3 is 0 Å². The van der Waals surface area contributed by atoms with Gasteiger partial charge in [0, 0.05) is 13.6 Å². The van der Waals surface area contributed by atoms with Gasteiger partial charge in [-0.2, -0.15) is 0 Å². The van der Waals surface area contributed by atoms with Crippen molar-refractivity contribution in [2.75, 3.05) is 20.8 Å². The van der Waals surface area contributed by atoms with E-state index in [2.05, 4.69) is 0 Å². The molecule has 0 fully saturated rings. The van der Waals surface area contributed by atoms with Crippen molar-refractivity contribution in [3.05, 3.63) is 58.9 Å². The number of carbonyl (C=O) groups is 1. The number of ether oxygens (including phenoxy) is 2. The lowest BCUT2D eigenvalue weighted by Gasteiger charge is -2.18. The number of carbonyl (C=O) groups excluding carboxylic acids is 1. The summed E-state index contributed by atoms with van der Waals surface area (Å²) in [5.41, 5.74) is 2.82. The smallest absolute Gasteiger partial charge is 0.260 e. The molecule has 0 radical (unpaired) electrons. The summed E-state index contributed by atoms with van der Waals surface area (Å²) < 4.78 is 24.2. The van der Waals surface area contributed by atoms with Crippen molar-refractivity contribution in [2.24, 2.45) is 0 Å². The number of hydrogen-bond donors (Lipinski definition) is 0. The summed E-state index contributed by atoms with van der Waals surface area (Å²) >= 11 is 0. The van der Waals surface area contributed by atoms with E-state index in [1.807, 2.05) is 32.0 Å². The minimum absolute atomic E-state index is 0.0565. The average Bonchev–Trinajstić information content (AvgIpc) is 2.54. The normalized spacial score (nSPS) is 10.4. The number of halogens is 1. The van der Waals surface area contributed by atoms with Crippen LogP contribution in [0.1, 0.15) is 16.7 Å². The molecule has 24 heavy (non-hydrogen) atoms. The molecule has 0 aliphatic rings. The quantitative estimate of drug-likeness (QED) is 0.813. The number of aryl methyl sites for hydroxylation is 2. The molecule has 5 heteroatoms. The molecule has 0 saturated heterocycles. The maximum Gasteiger partial charge on any atom is 0.260 e. The molecule has 2 aromatic carbocycles. The average molecular weight is 331 g/mol. The maximum absolute atomic E-state index is 13.7. The Bertz CT molecular complexity index is 731. The molecule has 1 amide bonds. The third-order valence-corrected chi connectivity index (χ3v) is 3.74. The van der Waals surface area contributed by atoms with Crippen molar-refractivity contribution in [3.8, 4) is 11.5 Å². The summed E-state index contributed by atoms with van der Waals surface area (Å²) in [7, 11) is 3.08. The van der Waals surface area contributed by atoms with Gasteiger partial charge in [0.15, 0.2) is 18.2 Å². The Labute approximate surface area is 141 Å². The Morgan fingerprint density at radius 3 is 2.46 bits per heavy atom. The molecular weight excluding hydrogens is 309 g/mol. The number of rotatable bonds is 6. The molecule has 0 N–H and O–H groups in total. The lowest BCUT2D eigenvalue weighted by Crippen LogP contribution is -2.31. The molecule has 0 saturated carbocycles. The topological polar surface area (TPSA) is 38.8 Å². The van der Waals surface area contributed by atoms with Crippen molar-refractivity contribution < 1.29 is 18.7 Å². The van der Waals surface area contributed by atoms with Crippen LogP contribution in [0, 0.1) is 19.7 Å². The molecule has 0 atom stereocenters. The van der Waals surface area contributed by atoms with Crippen LogP contribution in [0.15, 0.2) is 36.4 Å². The first-order valence-electron chi connectivity index (χ1n) is 7.67. The van der Waals surface area contributed by atoms with Gasteiger partial charge in [-0.1, -0.05) is 23.8 Å². The van der Waals surface area contributed by atoms with Gasteiger partial charge in [0.25, 0.3) is 5.91 Å². The van der Waals surface area contributed by atoms with E-state index in [1.54, 1.807) is 19.2 Å². The van der Waals surface area contributed by atoms with Gasteiger partial charge in [0.2, 0.25) is 0 Å². The molecule has 0 aliphatic carbocycles. The number of nitrogens with zero attached hydrogens (tertiary/aromatic N) is 1. The number of benzene rings is 2. The van der Waals surface area contributed by atoms with Crippen molar-refractivity contribution >= 4 is 5.91 Å². The van der Waals surface area contributed by atoms with Crippen LogP contribution in [0.4, 0.5) is 4.39 Å². The molecule has 4 nitrogen and oxygen atoms in total. The third-order valence-electron chi connectivity index (χ3n) is 3.74. The summed E-state index contributed by atoms with van der Waals surface area (Å²) in [5, 5.41) is 0. The van der Waals surface area contributed by atoms with Gasteiger partial charge in [0.05, 0.1) is 7.11 Å². The lowest BCUT2D eigenvalue weighted by atomic mass is 10.1. The molecule has 2 rings (SSSR count). The zero-order valence-corrected chi connectivity index (χ0v) is 14.4. The van der Waals surface area contributed by atoms with Crippen molar-refractivity contribution in [1.29, 1.82) is 0 Å².